The number of benzene rings is 2. The molecule has 0 amide bonds. The summed E-state index contributed by atoms with van der Waals surface area (Å²) in [4.78, 5) is 25.0. The van der Waals surface area contributed by atoms with E-state index in [-0.39, 0.29) is 11.3 Å². The quantitative estimate of drug-likeness (QED) is 0.266. The van der Waals surface area contributed by atoms with E-state index in [4.69, 9.17) is 4.74 Å². The van der Waals surface area contributed by atoms with Gasteiger partial charge >= 0.3 is 5.97 Å². The molecule has 0 fully saturated rings. The standard InChI is InChI=1S/C21H15FO3S/c1-14-4-6-15(7-5-14)8-10-18(23)17-13-16(22)9-11-19(17)25-21(24)20-3-2-12-26-20/h2-13H,1H3/b10-8+. The molecule has 3 rings (SSSR count). The molecule has 1 heterocycles. The zero-order valence-corrected chi connectivity index (χ0v) is 14.8. The monoisotopic (exact) mass is 366 g/mol. The molecule has 0 radical (unpaired) electrons. The normalized spacial score (nSPS) is 10.8. The Kier molecular flexibility index (Phi) is 5.39. The van der Waals surface area contributed by atoms with E-state index in [0.29, 0.717) is 4.88 Å². The maximum atomic E-state index is 13.6. The van der Waals surface area contributed by atoms with Crippen molar-refractivity contribution in [2.75, 3.05) is 0 Å². The van der Waals surface area contributed by atoms with Gasteiger partial charge in [-0.3, -0.25) is 4.79 Å². The van der Waals surface area contributed by atoms with Crippen LogP contribution in [-0.4, -0.2) is 11.8 Å². The van der Waals surface area contributed by atoms with E-state index in [2.05, 4.69) is 0 Å². The number of thiophene rings is 1. The summed E-state index contributed by atoms with van der Waals surface area (Å²) < 4.78 is 18.9. The highest BCUT2D eigenvalue weighted by molar-refractivity contribution is 7.12. The van der Waals surface area contributed by atoms with Crippen molar-refractivity contribution in [1.82, 2.24) is 0 Å². The number of hydrogen-bond donors (Lipinski definition) is 0. The van der Waals surface area contributed by atoms with Crippen LogP contribution < -0.4 is 4.74 Å². The Morgan fingerprint density at radius 1 is 1.08 bits per heavy atom. The molecule has 0 unspecified atom stereocenters. The number of allylic oxidation sites excluding steroid dienone is 1. The van der Waals surface area contributed by atoms with Gasteiger partial charge in [0.05, 0.1) is 5.56 Å². The fourth-order valence-electron chi connectivity index (χ4n) is 2.27. The average Bonchev–Trinajstić information content (AvgIpc) is 3.17. The van der Waals surface area contributed by atoms with Crippen LogP contribution >= 0.6 is 11.3 Å². The lowest BCUT2D eigenvalue weighted by Gasteiger charge is -2.07. The molecule has 3 aromatic rings. The summed E-state index contributed by atoms with van der Waals surface area (Å²) in [6.07, 6.45) is 2.97. The van der Waals surface area contributed by atoms with E-state index in [1.165, 1.54) is 23.5 Å². The van der Waals surface area contributed by atoms with E-state index < -0.39 is 17.6 Å². The van der Waals surface area contributed by atoms with E-state index in [0.717, 1.165) is 23.3 Å². The van der Waals surface area contributed by atoms with Crippen LogP contribution in [0.5, 0.6) is 5.75 Å². The van der Waals surface area contributed by atoms with Gasteiger partial charge in [0, 0.05) is 0 Å². The lowest BCUT2D eigenvalue weighted by Crippen LogP contribution is -2.10. The Balaban J connectivity index is 1.83. The smallest absolute Gasteiger partial charge is 0.353 e. The summed E-state index contributed by atoms with van der Waals surface area (Å²) in [6.45, 7) is 1.97. The molecule has 0 bridgehead atoms. The second-order valence-electron chi connectivity index (χ2n) is 5.62. The number of ether oxygens (including phenoxy) is 1. The molecule has 0 spiro atoms. The molecule has 5 heteroatoms. The zero-order chi connectivity index (χ0) is 18.5. The third-order valence-corrected chi connectivity index (χ3v) is 4.49. The summed E-state index contributed by atoms with van der Waals surface area (Å²) in [5.74, 6) is -1.57. The second kappa shape index (κ2) is 7.89. The molecule has 0 aliphatic rings. The van der Waals surface area contributed by atoms with Crippen molar-refractivity contribution in [3.05, 3.63) is 93.4 Å². The molecular formula is C21H15FO3S. The van der Waals surface area contributed by atoms with Crippen LogP contribution in [-0.2, 0) is 0 Å². The first-order valence-electron chi connectivity index (χ1n) is 7.87. The van der Waals surface area contributed by atoms with Crippen molar-refractivity contribution in [1.29, 1.82) is 0 Å². The van der Waals surface area contributed by atoms with Gasteiger partial charge in [0.25, 0.3) is 0 Å². The van der Waals surface area contributed by atoms with Crippen molar-refractivity contribution in [2.45, 2.75) is 6.92 Å². The Hall–Kier alpha value is -3.05. The van der Waals surface area contributed by atoms with Gasteiger partial charge in [-0.15, -0.1) is 11.3 Å². The van der Waals surface area contributed by atoms with Crippen molar-refractivity contribution < 1.29 is 18.7 Å². The lowest BCUT2D eigenvalue weighted by atomic mass is 10.1. The predicted octanol–water partition coefficient (Wildman–Crippen LogP) is 5.31. The van der Waals surface area contributed by atoms with Crippen LogP contribution in [0.4, 0.5) is 4.39 Å². The molecule has 2 aromatic carbocycles. The minimum absolute atomic E-state index is 0.00160. The second-order valence-corrected chi connectivity index (χ2v) is 6.56. The van der Waals surface area contributed by atoms with Crippen molar-refractivity contribution >= 4 is 29.2 Å². The molecule has 0 saturated heterocycles. The van der Waals surface area contributed by atoms with Gasteiger partial charge in [0.1, 0.15) is 16.4 Å². The van der Waals surface area contributed by atoms with E-state index in [1.807, 2.05) is 31.2 Å². The zero-order valence-electron chi connectivity index (χ0n) is 13.9. The van der Waals surface area contributed by atoms with Crippen molar-refractivity contribution in [3.8, 4) is 5.75 Å². The van der Waals surface area contributed by atoms with Crippen LogP contribution in [0.15, 0.2) is 66.1 Å². The van der Waals surface area contributed by atoms with Gasteiger partial charge in [-0.2, -0.15) is 0 Å². The fraction of sp³-hybridized carbons (Fsp3) is 0.0476. The highest BCUT2D eigenvalue weighted by atomic mass is 32.1. The topological polar surface area (TPSA) is 43.4 Å². The van der Waals surface area contributed by atoms with Gasteiger partial charge in [0.15, 0.2) is 5.78 Å². The summed E-state index contributed by atoms with van der Waals surface area (Å²) in [5.41, 5.74) is 1.96. The van der Waals surface area contributed by atoms with Crippen LogP contribution in [0, 0.1) is 12.7 Å². The van der Waals surface area contributed by atoms with Gasteiger partial charge in [0.2, 0.25) is 0 Å². The van der Waals surface area contributed by atoms with Crippen LogP contribution in [0.3, 0.4) is 0 Å². The molecule has 0 aliphatic carbocycles. The summed E-state index contributed by atoms with van der Waals surface area (Å²) in [6, 6.07) is 14.5. The molecule has 3 nitrogen and oxygen atoms in total. The maximum absolute atomic E-state index is 13.6. The number of aryl methyl sites for hydroxylation is 1. The molecule has 1 aromatic heterocycles. The number of rotatable bonds is 5. The highest BCUT2D eigenvalue weighted by Gasteiger charge is 2.16. The summed E-state index contributed by atoms with van der Waals surface area (Å²) >= 11 is 1.23. The average molecular weight is 366 g/mol. The largest absolute Gasteiger partial charge is 0.422 e. The minimum atomic E-state index is -0.580. The minimum Gasteiger partial charge on any atom is -0.422 e. The number of carbonyl (C=O) groups excluding carboxylic acids is 2. The first-order chi connectivity index (χ1) is 12.5. The predicted molar refractivity (Wildman–Crippen MR) is 100 cm³/mol. The number of halogens is 1. The van der Waals surface area contributed by atoms with Gasteiger partial charge < -0.3 is 4.74 Å². The first kappa shape index (κ1) is 17.8. The number of esters is 1. The molecule has 0 aliphatic heterocycles. The number of hydrogen-bond acceptors (Lipinski definition) is 4. The summed E-state index contributed by atoms with van der Waals surface area (Å²) in [7, 11) is 0. The Labute approximate surface area is 154 Å². The van der Waals surface area contributed by atoms with Gasteiger partial charge in [-0.1, -0.05) is 42.0 Å². The van der Waals surface area contributed by atoms with Gasteiger partial charge in [-0.25, -0.2) is 9.18 Å². The highest BCUT2D eigenvalue weighted by Crippen LogP contribution is 2.23. The summed E-state index contributed by atoms with van der Waals surface area (Å²) in [5, 5.41) is 1.75. The fourth-order valence-corrected chi connectivity index (χ4v) is 2.87. The van der Waals surface area contributed by atoms with E-state index >= 15 is 0 Å². The molecule has 130 valence electrons. The number of carbonyl (C=O) groups is 2. The van der Waals surface area contributed by atoms with Crippen LogP contribution in [0.1, 0.15) is 31.2 Å². The molecule has 26 heavy (non-hydrogen) atoms. The molecule has 0 atom stereocenters. The first-order valence-corrected chi connectivity index (χ1v) is 8.75. The Morgan fingerprint density at radius 3 is 2.54 bits per heavy atom. The third-order valence-electron chi connectivity index (χ3n) is 3.64. The van der Waals surface area contributed by atoms with E-state index in [9.17, 15) is 14.0 Å². The third kappa shape index (κ3) is 4.32. The number of ketones is 1. The van der Waals surface area contributed by atoms with Crippen molar-refractivity contribution in [3.63, 3.8) is 0 Å². The Morgan fingerprint density at radius 2 is 1.85 bits per heavy atom. The van der Waals surface area contributed by atoms with Crippen LogP contribution in [0.2, 0.25) is 0 Å². The molecule has 0 N–H and O–H groups in total. The van der Waals surface area contributed by atoms with Crippen LogP contribution in [0.25, 0.3) is 6.08 Å². The molecular weight excluding hydrogens is 351 g/mol. The van der Waals surface area contributed by atoms with E-state index in [1.54, 1.807) is 23.6 Å². The lowest BCUT2D eigenvalue weighted by molar-refractivity contribution is 0.0738. The molecule has 0 saturated carbocycles. The SMILES string of the molecule is Cc1ccc(/C=C/C(=O)c2cc(F)ccc2OC(=O)c2cccs2)cc1. The Bertz CT molecular complexity index is 957. The van der Waals surface area contributed by atoms with Gasteiger partial charge in [-0.05, 0) is 48.2 Å². The van der Waals surface area contributed by atoms with Crippen molar-refractivity contribution in [2.24, 2.45) is 0 Å². The maximum Gasteiger partial charge on any atom is 0.353 e.